The summed E-state index contributed by atoms with van der Waals surface area (Å²) in [7, 11) is 0. The van der Waals surface area contributed by atoms with Crippen LogP contribution >= 0.6 is 0 Å². The number of fused-ring (bicyclic) bond motifs is 1. The van der Waals surface area contributed by atoms with Gasteiger partial charge in [-0.3, -0.25) is 4.79 Å². The summed E-state index contributed by atoms with van der Waals surface area (Å²) in [5.41, 5.74) is 0.0676. The highest BCUT2D eigenvalue weighted by Crippen LogP contribution is 2.39. The molecule has 0 bridgehead atoms. The summed E-state index contributed by atoms with van der Waals surface area (Å²) < 4.78 is 7.08. The molecule has 0 saturated carbocycles. The van der Waals surface area contributed by atoms with Crippen LogP contribution in [0.3, 0.4) is 0 Å². The van der Waals surface area contributed by atoms with Crippen LogP contribution in [-0.2, 0) is 9.53 Å². The van der Waals surface area contributed by atoms with E-state index in [1.165, 1.54) is 0 Å². The monoisotopic (exact) mass is 377 g/mol. The third kappa shape index (κ3) is 3.13. The maximum atomic E-state index is 13.1. The van der Waals surface area contributed by atoms with Crippen LogP contribution < -0.4 is 5.32 Å². The van der Waals surface area contributed by atoms with Gasteiger partial charge in [0.1, 0.15) is 17.3 Å². The van der Waals surface area contributed by atoms with E-state index in [0.717, 1.165) is 0 Å². The van der Waals surface area contributed by atoms with Crippen molar-refractivity contribution in [3.05, 3.63) is 65.7 Å². The zero-order valence-electron chi connectivity index (χ0n) is 15.7. The average Bonchev–Trinajstić information content (AvgIpc) is 3.09. The van der Waals surface area contributed by atoms with Gasteiger partial charge in [-0.05, 0) is 32.4 Å². The van der Waals surface area contributed by atoms with Crippen molar-refractivity contribution < 1.29 is 14.3 Å². The molecule has 4 rings (SSSR count). The van der Waals surface area contributed by atoms with Crippen molar-refractivity contribution in [2.75, 3.05) is 5.32 Å². The number of carbonyl (C=O) groups excluding carboxylic acids is 2. The van der Waals surface area contributed by atoms with Crippen molar-refractivity contribution in [3.8, 4) is 5.82 Å². The molecule has 142 valence electrons. The van der Waals surface area contributed by atoms with E-state index in [-0.39, 0.29) is 5.91 Å². The van der Waals surface area contributed by atoms with Gasteiger partial charge in [0.15, 0.2) is 11.6 Å². The molecule has 0 spiro atoms. The number of amides is 1. The van der Waals surface area contributed by atoms with Gasteiger partial charge in [-0.1, -0.05) is 18.2 Å². The third-order valence-electron chi connectivity index (χ3n) is 4.64. The minimum absolute atomic E-state index is 0.297. The molecular weight excluding hydrogens is 358 g/mol. The lowest BCUT2D eigenvalue weighted by atomic mass is 9.79. The number of anilines is 1. The third-order valence-corrected chi connectivity index (χ3v) is 4.64. The molecule has 3 aromatic rings. The van der Waals surface area contributed by atoms with Gasteiger partial charge in [-0.15, -0.1) is 5.10 Å². The van der Waals surface area contributed by atoms with Gasteiger partial charge < -0.3 is 10.1 Å². The fraction of sp³-hybridized carbons (Fsp3) is 0.250. The molecule has 1 amide bonds. The van der Waals surface area contributed by atoms with Crippen LogP contribution in [0.4, 0.5) is 5.82 Å². The Balaban J connectivity index is 1.62. The Kier molecular flexibility index (Phi) is 4.18. The number of nitrogens with zero attached hydrogens (tertiary/aromatic N) is 4. The van der Waals surface area contributed by atoms with Crippen molar-refractivity contribution in [1.82, 2.24) is 19.7 Å². The van der Waals surface area contributed by atoms with Crippen molar-refractivity contribution in [3.63, 3.8) is 0 Å². The fourth-order valence-corrected chi connectivity index (χ4v) is 3.41. The van der Waals surface area contributed by atoms with Crippen LogP contribution in [0.25, 0.3) is 5.82 Å². The minimum atomic E-state index is -0.984. The van der Waals surface area contributed by atoms with Crippen molar-refractivity contribution >= 4 is 17.7 Å². The van der Waals surface area contributed by atoms with Crippen LogP contribution in [0.5, 0.6) is 0 Å². The first-order valence-electron chi connectivity index (χ1n) is 8.84. The Hall–Kier alpha value is -3.55. The molecule has 1 aliphatic rings. The van der Waals surface area contributed by atoms with Gasteiger partial charge in [0.2, 0.25) is 5.91 Å². The second-order valence-corrected chi connectivity index (χ2v) is 7.11. The van der Waals surface area contributed by atoms with Gasteiger partial charge in [0.05, 0.1) is 5.56 Å². The number of carbonyl (C=O) groups is 2. The predicted molar refractivity (Wildman–Crippen MR) is 101 cm³/mol. The molecule has 2 aromatic heterocycles. The lowest BCUT2D eigenvalue weighted by Gasteiger charge is -2.37. The van der Waals surface area contributed by atoms with E-state index < -0.39 is 17.5 Å². The van der Waals surface area contributed by atoms with Crippen LogP contribution in [0, 0.1) is 6.92 Å². The molecule has 0 fully saturated rings. The van der Waals surface area contributed by atoms with Crippen LogP contribution in [0.2, 0.25) is 0 Å². The van der Waals surface area contributed by atoms with Gasteiger partial charge in [0.25, 0.3) is 0 Å². The summed E-state index contributed by atoms with van der Waals surface area (Å²) in [6.45, 7) is 5.25. The summed E-state index contributed by atoms with van der Waals surface area (Å²) >= 11 is 0. The molecule has 0 aliphatic carbocycles. The van der Waals surface area contributed by atoms with Crippen molar-refractivity contribution in [1.29, 1.82) is 0 Å². The second-order valence-electron chi connectivity index (χ2n) is 7.11. The van der Waals surface area contributed by atoms with Crippen LogP contribution in [0.1, 0.15) is 41.5 Å². The first-order valence-corrected chi connectivity index (χ1v) is 8.84. The summed E-state index contributed by atoms with van der Waals surface area (Å²) in [5.74, 6) is 0.229. The number of esters is 1. The molecule has 8 nitrogen and oxygen atoms in total. The Bertz CT molecular complexity index is 1070. The quantitative estimate of drug-likeness (QED) is 0.705. The van der Waals surface area contributed by atoms with Crippen LogP contribution in [0.15, 0.2) is 48.8 Å². The summed E-state index contributed by atoms with van der Waals surface area (Å²) in [4.78, 5) is 33.7. The van der Waals surface area contributed by atoms with E-state index >= 15 is 0 Å². The SMILES string of the molecule is Cc1nccc(-n2ccc(NC(=O)C3c4ccccc4C(=O)OC3(C)C)n2)n1. The number of rotatable bonds is 3. The Labute approximate surface area is 161 Å². The van der Waals surface area contributed by atoms with Gasteiger partial charge in [0, 0.05) is 24.5 Å². The average molecular weight is 377 g/mol. The fourth-order valence-electron chi connectivity index (χ4n) is 3.41. The number of nitrogens with one attached hydrogen (secondary N) is 1. The maximum Gasteiger partial charge on any atom is 0.338 e. The first-order chi connectivity index (χ1) is 13.3. The smallest absolute Gasteiger partial charge is 0.338 e. The second kappa shape index (κ2) is 6.56. The standard InChI is InChI=1S/C20H19N5O3/c1-12-21-10-8-16(22-12)25-11-9-15(24-25)23-18(26)17-13-6-4-5-7-14(13)19(27)28-20(17,2)3/h4-11,17H,1-3H3,(H,23,24,26). The number of hydrogen-bond acceptors (Lipinski definition) is 6. The first kappa shape index (κ1) is 17.8. The van der Waals surface area contributed by atoms with E-state index in [4.69, 9.17) is 4.74 Å². The molecule has 1 N–H and O–H groups in total. The van der Waals surface area contributed by atoms with Crippen molar-refractivity contribution in [2.45, 2.75) is 32.3 Å². The zero-order chi connectivity index (χ0) is 19.9. The normalized spacial score (nSPS) is 17.5. The van der Waals surface area contributed by atoms with E-state index in [0.29, 0.717) is 28.6 Å². The number of benzene rings is 1. The largest absolute Gasteiger partial charge is 0.455 e. The summed E-state index contributed by atoms with van der Waals surface area (Å²) in [6, 6.07) is 10.4. The van der Waals surface area contributed by atoms with Crippen LogP contribution in [-0.4, -0.2) is 37.2 Å². The minimum Gasteiger partial charge on any atom is -0.455 e. The Morgan fingerprint density at radius 3 is 2.79 bits per heavy atom. The lowest BCUT2D eigenvalue weighted by Crippen LogP contribution is -2.45. The molecule has 8 heteroatoms. The number of ether oxygens (including phenoxy) is 1. The van der Waals surface area contributed by atoms with E-state index in [2.05, 4.69) is 20.4 Å². The molecule has 0 radical (unpaired) electrons. The summed E-state index contributed by atoms with van der Waals surface area (Å²) in [5, 5.41) is 7.18. The Morgan fingerprint density at radius 1 is 1.21 bits per heavy atom. The molecule has 1 aliphatic heterocycles. The maximum absolute atomic E-state index is 13.1. The molecule has 3 heterocycles. The number of aryl methyl sites for hydroxylation is 1. The highest BCUT2D eigenvalue weighted by molar-refractivity contribution is 6.02. The number of aromatic nitrogens is 4. The van der Waals surface area contributed by atoms with Gasteiger partial charge >= 0.3 is 5.97 Å². The number of hydrogen-bond donors (Lipinski definition) is 1. The molecule has 1 unspecified atom stereocenters. The van der Waals surface area contributed by atoms with Gasteiger partial charge in [-0.25, -0.2) is 19.4 Å². The van der Waals surface area contributed by atoms with E-state index in [1.54, 1.807) is 74.2 Å². The van der Waals surface area contributed by atoms with Gasteiger partial charge in [-0.2, -0.15) is 0 Å². The highest BCUT2D eigenvalue weighted by Gasteiger charge is 2.45. The summed E-state index contributed by atoms with van der Waals surface area (Å²) in [6.07, 6.45) is 3.35. The zero-order valence-corrected chi connectivity index (χ0v) is 15.7. The topological polar surface area (TPSA) is 99.0 Å². The lowest BCUT2D eigenvalue weighted by molar-refractivity contribution is -0.123. The Morgan fingerprint density at radius 2 is 2.00 bits per heavy atom. The molecule has 1 aromatic carbocycles. The molecule has 1 atom stereocenters. The van der Waals surface area contributed by atoms with E-state index in [9.17, 15) is 9.59 Å². The molecular formula is C20H19N5O3. The molecule has 0 saturated heterocycles. The van der Waals surface area contributed by atoms with E-state index in [1.807, 2.05) is 0 Å². The predicted octanol–water partition coefficient (Wildman–Crippen LogP) is 2.64. The highest BCUT2D eigenvalue weighted by atomic mass is 16.6. The van der Waals surface area contributed by atoms with Crippen molar-refractivity contribution in [2.24, 2.45) is 0 Å². The number of cyclic esters (lactones) is 1. The molecule has 28 heavy (non-hydrogen) atoms.